The van der Waals surface area contributed by atoms with Crippen LogP contribution in [-0.2, 0) is 6.54 Å². The molecule has 1 N–H and O–H groups in total. The molecule has 0 bridgehead atoms. The van der Waals surface area contributed by atoms with E-state index in [1.807, 2.05) is 6.07 Å². The van der Waals surface area contributed by atoms with E-state index in [0.717, 1.165) is 32.0 Å². The third-order valence-corrected chi connectivity index (χ3v) is 4.09. The van der Waals surface area contributed by atoms with E-state index in [0.29, 0.717) is 12.1 Å². The van der Waals surface area contributed by atoms with Gasteiger partial charge in [0.2, 0.25) is 0 Å². The van der Waals surface area contributed by atoms with Crippen LogP contribution in [0.25, 0.3) is 0 Å². The smallest absolute Gasteiger partial charge is 0.123 e. The molecule has 1 aliphatic rings. The van der Waals surface area contributed by atoms with Crippen molar-refractivity contribution >= 4 is 0 Å². The van der Waals surface area contributed by atoms with Crippen molar-refractivity contribution in [1.82, 2.24) is 10.2 Å². The van der Waals surface area contributed by atoms with Gasteiger partial charge in [-0.2, -0.15) is 0 Å². The lowest BCUT2D eigenvalue weighted by atomic mass is 10.1. The normalized spacial score (nSPS) is 18.8. The number of hydrogen-bond donors (Lipinski definition) is 1. The van der Waals surface area contributed by atoms with E-state index in [1.165, 1.54) is 18.4 Å². The highest BCUT2D eigenvalue weighted by molar-refractivity contribution is 5.33. The maximum Gasteiger partial charge on any atom is 0.123 e. The zero-order chi connectivity index (χ0) is 14.4. The van der Waals surface area contributed by atoms with E-state index in [-0.39, 0.29) is 0 Å². The van der Waals surface area contributed by atoms with Gasteiger partial charge in [0.05, 0.1) is 0 Å². The van der Waals surface area contributed by atoms with Crippen molar-refractivity contribution in [3.8, 4) is 5.75 Å². The molecule has 1 heterocycles. The Labute approximate surface area is 123 Å². The minimum atomic E-state index is 0.532. The van der Waals surface area contributed by atoms with Crippen LogP contribution in [0.5, 0.6) is 5.75 Å². The highest BCUT2D eigenvalue weighted by Gasteiger charge is 2.19. The van der Waals surface area contributed by atoms with Gasteiger partial charge in [-0.1, -0.05) is 31.5 Å². The van der Waals surface area contributed by atoms with Gasteiger partial charge in [0.15, 0.2) is 0 Å². The molecule has 2 rings (SSSR count). The van der Waals surface area contributed by atoms with Crippen molar-refractivity contribution in [2.45, 2.75) is 52.2 Å². The highest BCUT2D eigenvalue weighted by Crippen LogP contribution is 2.23. The lowest BCUT2D eigenvalue weighted by Gasteiger charge is -2.28. The predicted molar refractivity (Wildman–Crippen MR) is 84.2 cm³/mol. The van der Waals surface area contributed by atoms with Crippen LogP contribution in [0.4, 0.5) is 0 Å². The molecular formula is C17H28N2O. The van der Waals surface area contributed by atoms with Crippen LogP contribution in [0.15, 0.2) is 24.3 Å². The number of ether oxygens (including phenoxy) is 1. The van der Waals surface area contributed by atoms with E-state index in [1.54, 1.807) is 0 Å². The molecule has 0 saturated carbocycles. The van der Waals surface area contributed by atoms with Crippen molar-refractivity contribution in [3.63, 3.8) is 0 Å². The van der Waals surface area contributed by atoms with Crippen molar-refractivity contribution in [2.24, 2.45) is 0 Å². The Bertz CT molecular complexity index is 408. The van der Waals surface area contributed by atoms with E-state index < -0.39 is 0 Å². The second-order valence-corrected chi connectivity index (χ2v) is 5.87. The molecule has 1 aromatic carbocycles. The average molecular weight is 276 g/mol. The second-order valence-electron chi connectivity index (χ2n) is 5.87. The first-order chi connectivity index (χ1) is 9.70. The van der Waals surface area contributed by atoms with Gasteiger partial charge in [-0.3, -0.25) is 4.90 Å². The lowest BCUT2D eigenvalue weighted by Crippen LogP contribution is -2.43. The molecule has 1 aromatic rings. The molecule has 2 atom stereocenters. The Morgan fingerprint density at radius 3 is 2.90 bits per heavy atom. The highest BCUT2D eigenvalue weighted by atomic mass is 16.5. The zero-order valence-electron chi connectivity index (χ0n) is 13.1. The molecule has 112 valence electrons. The largest absolute Gasteiger partial charge is 0.492 e. The summed E-state index contributed by atoms with van der Waals surface area (Å²) >= 11 is 0. The Morgan fingerprint density at radius 1 is 1.30 bits per heavy atom. The fourth-order valence-corrected chi connectivity index (χ4v) is 2.76. The van der Waals surface area contributed by atoms with Crippen molar-refractivity contribution < 1.29 is 4.74 Å². The third kappa shape index (κ3) is 4.22. The Balaban J connectivity index is 1.89. The van der Waals surface area contributed by atoms with Gasteiger partial charge < -0.3 is 10.1 Å². The maximum absolute atomic E-state index is 5.83. The summed E-state index contributed by atoms with van der Waals surface area (Å²) in [5.74, 6) is 1.05. The number of nitrogens with zero attached hydrogens (tertiary/aromatic N) is 1. The minimum absolute atomic E-state index is 0.532. The molecule has 0 fully saturated rings. The standard InChI is InChI=1S/C17H28N2O/c1-4-7-14(2)18-12-15(3)19-10-11-20-17-9-6-5-8-16(17)13-19/h5-6,8-9,14-15,18H,4,7,10-13H2,1-3H3. The van der Waals surface area contributed by atoms with Crippen LogP contribution in [0, 0.1) is 0 Å². The molecule has 1 aliphatic heterocycles. The Kier molecular flexibility index (Phi) is 5.86. The van der Waals surface area contributed by atoms with Gasteiger partial charge in [-0.05, 0) is 26.3 Å². The molecule has 0 radical (unpaired) electrons. The quantitative estimate of drug-likeness (QED) is 0.864. The van der Waals surface area contributed by atoms with Crippen LogP contribution in [0.2, 0.25) is 0 Å². The summed E-state index contributed by atoms with van der Waals surface area (Å²) in [7, 11) is 0. The van der Waals surface area contributed by atoms with Crippen LogP contribution >= 0.6 is 0 Å². The van der Waals surface area contributed by atoms with Gasteiger partial charge in [0.25, 0.3) is 0 Å². The van der Waals surface area contributed by atoms with Gasteiger partial charge >= 0.3 is 0 Å². The minimum Gasteiger partial charge on any atom is -0.492 e. The summed E-state index contributed by atoms with van der Waals surface area (Å²) in [4.78, 5) is 2.51. The molecule has 0 aromatic heterocycles. The molecular weight excluding hydrogens is 248 g/mol. The summed E-state index contributed by atoms with van der Waals surface area (Å²) in [6, 6.07) is 9.53. The summed E-state index contributed by atoms with van der Waals surface area (Å²) in [6.07, 6.45) is 2.49. The SMILES string of the molecule is CCCC(C)NCC(C)N1CCOc2ccccc2C1. The molecule has 2 unspecified atom stereocenters. The summed E-state index contributed by atoms with van der Waals surface area (Å²) in [5.41, 5.74) is 1.30. The monoisotopic (exact) mass is 276 g/mol. The van der Waals surface area contributed by atoms with Crippen molar-refractivity contribution in [3.05, 3.63) is 29.8 Å². The molecule has 0 aliphatic carbocycles. The fraction of sp³-hybridized carbons (Fsp3) is 0.647. The molecule has 0 saturated heterocycles. The fourth-order valence-electron chi connectivity index (χ4n) is 2.76. The van der Waals surface area contributed by atoms with Gasteiger partial charge in [0.1, 0.15) is 12.4 Å². The maximum atomic E-state index is 5.83. The molecule has 3 heteroatoms. The molecule has 0 spiro atoms. The van der Waals surface area contributed by atoms with Crippen molar-refractivity contribution in [2.75, 3.05) is 19.7 Å². The van der Waals surface area contributed by atoms with Gasteiger partial charge in [-0.25, -0.2) is 0 Å². The summed E-state index contributed by atoms with van der Waals surface area (Å²) in [5, 5.41) is 3.64. The van der Waals surface area contributed by atoms with E-state index in [9.17, 15) is 0 Å². The Hall–Kier alpha value is -1.06. The van der Waals surface area contributed by atoms with E-state index in [2.05, 4.69) is 49.2 Å². The molecule has 3 nitrogen and oxygen atoms in total. The first-order valence-corrected chi connectivity index (χ1v) is 7.88. The number of fused-ring (bicyclic) bond motifs is 1. The number of nitrogens with one attached hydrogen (secondary N) is 1. The Morgan fingerprint density at radius 2 is 2.10 bits per heavy atom. The molecule has 0 amide bonds. The van der Waals surface area contributed by atoms with Crippen LogP contribution in [0.3, 0.4) is 0 Å². The van der Waals surface area contributed by atoms with E-state index >= 15 is 0 Å². The second kappa shape index (κ2) is 7.65. The third-order valence-electron chi connectivity index (χ3n) is 4.09. The predicted octanol–water partition coefficient (Wildman–Crippen LogP) is 3.05. The van der Waals surface area contributed by atoms with Crippen molar-refractivity contribution in [1.29, 1.82) is 0 Å². The van der Waals surface area contributed by atoms with Gasteiger partial charge in [0, 0.05) is 37.3 Å². The van der Waals surface area contributed by atoms with E-state index in [4.69, 9.17) is 4.74 Å². The first kappa shape index (κ1) is 15.3. The summed E-state index contributed by atoms with van der Waals surface area (Å²) in [6.45, 7) is 10.6. The average Bonchev–Trinajstić information content (AvgIpc) is 2.67. The number of rotatable bonds is 6. The van der Waals surface area contributed by atoms with Crippen LogP contribution in [0.1, 0.15) is 39.2 Å². The van der Waals surface area contributed by atoms with Gasteiger partial charge in [-0.15, -0.1) is 0 Å². The zero-order valence-corrected chi connectivity index (χ0v) is 13.1. The molecule has 20 heavy (non-hydrogen) atoms. The van der Waals surface area contributed by atoms with Crippen LogP contribution < -0.4 is 10.1 Å². The summed E-state index contributed by atoms with van der Waals surface area (Å²) < 4.78 is 5.83. The van der Waals surface area contributed by atoms with Crippen LogP contribution in [-0.4, -0.2) is 36.7 Å². The lowest BCUT2D eigenvalue weighted by molar-refractivity contribution is 0.173. The number of hydrogen-bond acceptors (Lipinski definition) is 3. The number of para-hydroxylation sites is 1. The number of benzene rings is 1. The first-order valence-electron chi connectivity index (χ1n) is 7.88. The topological polar surface area (TPSA) is 24.5 Å².